The van der Waals surface area contributed by atoms with E-state index in [1.165, 1.54) is 18.5 Å². The molecule has 2 aromatic carbocycles. The maximum atomic E-state index is 9.64. The largest absolute Gasteiger partial charge is 0.484 e. The van der Waals surface area contributed by atoms with Gasteiger partial charge < -0.3 is 9.64 Å². The number of aryl methyl sites for hydroxylation is 1. The molecule has 1 aliphatic heterocycles. The molecule has 36 heavy (non-hydrogen) atoms. The summed E-state index contributed by atoms with van der Waals surface area (Å²) in [7, 11) is 2.11. The molecule has 6 heteroatoms. The number of hydrogen-bond donors (Lipinski definition) is 0. The summed E-state index contributed by atoms with van der Waals surface area (Å²) in [6.07, 6.45) is 6.80. The minimum Gasteiger partial charge on any atom is -0.484 e. The Labute approximate surface area is 214 Å². The van der Waals surface area contributed by atoms with Gasteiger partial charge >= 0.3 is 0 Å². The highest BCUT2D eigenvalue weighted by atomic mass is 16.5. The first-order valence-corrected chi connectivity index (χ1v) is 12.4. The van der Waals surface area contributed by atoms with Crippen molar-refractivity contribution in [2.75, 3.05) is 18.5 Å². The quantitative estimate of drug-likeness (QED) is 0.270. The topological polar surface area (TPSA) is 84.8 Å². The summed E-state index contributed by atoms with van der Waals surface area (Å²) in [5.74, 6) is 0.374. The molecule has 0 aromatic heterocycles. The summed E-state index contributed by atoms with van der Waals surface area (Å²) in [4.78, 5) is 2.25. The minimum atomic E-state index is -0.287. The van der Waals surface area contributed by atoms with Gasteiger partial charge in [0.25, 0.3) is 0 Å². The molecule has 0 N–H and O–H groups in total. The highest BCUT2D eigenvalue weighted by Crippen LogP contribution is 2.33. The molecule has 6 nitrogen and oxygen atoms in total. The van der Waals surface area contributed by atoms with Crippen molar-refractivity contribution in [3.05, 3.63) is 82.1 Å². The molecule has 1 unspecified atom stereocenters. The number of hydrogen-bond acceptors (Lipinski definition) is 6. The van der Waals surface area contributed by atoms with E-state index >= 15 is 0 Å². The van der Waals surface area contributed by atoms with Crippen molar-refractivity contribution in [2.24, 2.45) is 10.2 Å². The van der Waals surface area contributed by atoms with E-state index in [-0.39, 0.29) is 6.10 Å². The standard InChI is InChI=1S/C30H33N5O/c1-6-8-17-35(5)27-14-12-25(13-15-27)33-34-26-11-9-24(23(7-2)18-26)10-16-28-22(4)36-30(21(3)19-31)29(28)20-32/h9-16,18,22H,6-8,17H2,1-5H3/b16-10+,30-21+,34-33?. The van der Waals surface area contributed by atoms with E-state index in [2.05, 4.69) is 60.3 Å². The van der Waals surface area contributed by atoms with Crippen LogP contribution in [0.2, 0.25) is 0 Å². The minimum absolute atomic E-state index is 0.287. The zero-order valence-electron chi connectivity index (χ0n) is 21.7. The van der Waals surface area contributed by atoms with Gasteiger partial charge in [0.05, 0.1) is 23.0 Å². The van der Waals surface area contributed by atoms with Gasteiger partial charge in [-0.2, -0.15) is 20.8 Å². The third-order valence-corrected chi connectivity index (χ3v) is 6.24. The SMILES string of the molecule is CCCCN(C)c1ccc(N=Nc2ccc(/C=C/C3=C(C#N)C(=C(/C)C#N)/OC3C)c(CC)c2)cc1. The van der Waals surface area contributed by atoms with Crippen LogP contribution in [-0.4, -0.2) is 19.7 Å². The number of rotatable bonds is 9. The van der Waals surface area contributed by atoms with E-state index < -0.39 is 0 Å². The lowest BCUT2D eigenvalue weighted by molar-refractivity contribution is 0.190. The number of nitrogens with zero attached hydrogens (tertiary/aromatic N) is 5. The van der Waals surface area contributed by atoms with Crippen molar-refractivity contribution < 1.29 is 4.74 Å². The first-order valence-electron chi connectivity index (χ1n) is 12.4. The predicted octanol–water partition coefficient (Wildman–Crippen LogP) is 7.95. The second kappa shape index (κ2) is 12.5. The maximum absolute atomic E-state index is 9.64. The molecular formula is C30H33N5O. The average Bonchev–Trinajstić information content (AvgIpc) is 3.24. The monoisotopic (exact) mass is 479 g/mol. The molecule has 0 fully saturated rings. The second-order valence-electron chi connectivity index (χ2n) is 8.83. The first-order chi connectivity index (χ1) is 17.4. The van der Waals surface area contributed by atoms with Crippen LogP contribution in [0.1, 0.15) is 51.7 Å². The van der Waals surface area contributed by atoms with E-state index in [1.54, 1.807) is 6.92 Å². The predicted molar refractivity (Wildman–Crippen MR) is 145 cm³/mol. The Morgan fingerprint density at radius 2 is 1.75 bits per heavy atom. The molecule has 0 radical (unpaired) electrons. The maximum Gasteiger partial charge on any atom is 0.151 e. The summed E-state index contributed by atoms with van der Waals surface area (Å²) < 4.78 is 5.79. The van der Waals surface area contributed by atoms with E-state index in [4.69, 9.17) is 4.74 Å². The molecule has 0 saturated carbocycles. The Morgan fingerprint density at radius 1 is 1.06 bits per heavy atom. The molecule has 1 heterocycles. The first kappa shape index (κ1) is 26.4. The molecule has 0 bridgehead atoms. The van der Waals surface area contributed by atoms with Crippen LogP contribution >= 0.6 is 0 Å². The average molecular weight is 480 g/mol. The normalized spacial score (nSPS) is 16.8. The molecular weight excluding hydrogens is 446 g/mol. The number of allylic oxidation sites excluding steroid dienone is 2. The third-order valence-electron chi connectivity index (χ3n) is 6.24. The van der Waals surface area contributed by atoms with Gasteiger partial charge in [-0.25, -0.2) is 0 Å². The van der Waals surface area contributed by atoms with Crippen molar-refractivity contribution in [2.45, 2.75) is 53.1 Å². The summed E-state index contributed by atoms with van der Waals surface area (Å²) in [5.41, 5.74) is 6.55. The highest BCUT2D eigenvalue weighted by Gasteiger charge is 2.28. The Balaban J connectivity index is 1.78. The second-order valence-corrected chi connectivity index (χ2v) is 8.83. The van der Waals surface area contributed by atoms with Crippen LogP contribution in [0.5, 0.6) is 0 Å². The van der Waals surface area contributed by atoms with Gasteiger partial charge in [-0.05, 0) is 74.2 Å². The molecule has 3 rings (SSSR count). The molecule has 1 aliphatic rings. The van der Waals surface area contributed by atoms with E-state index in [0.717, 1.165) is 41.0 Å². The fourth-order valence-corrected chi connectivity index (χ4v) is 4.01. The van der Waals surface area contributed by atoms with Crippen LogP contribution in [-0.2, 0) is 11.2 Å². The summed E-state index contributed by atoms with van der Waals surface area (Å²) >= 11 is 0. The summed E-state index contributed by atoms with van der Waals surface area (Å²) in [6, 6.07) is 18.4. The van der Waals surface area contributed by atoms with Crippen LogP contribution < -0.4 is 4.90 Å². The van der Waals surface area contributed by atoms with Crippen LogP contribution in [0.4, 0.5) is 17.1 Å². The molecule has 0 aliphatic carbocycles. The Hall–Kier alpha value is -4.16. The van der Waals surface area contributed by atoms with E-state index in [9.17, 15) is 10.5 Å². The van der Waals surface area contributed by atoms with Crippen LogP contribution in [0.3, 0.4) is 0 Å². The molecule has 1 atom stereocenters. The Bertz CT molecular complexity index is 1290. The van der Waals surface area contributed by atoms with E-state index in [0.29, 0.717) is 16.9 Å². The molecule has 184 valence electrons. The van der Waals surface area contributed by atoms with Gasteiger partial charge in [0.15, 0.2) is 5.76 Å². The zero-order valence-corrected chi connectivity index (χ0v) is 21.7. The molecule has 0 saturated heterocycles. The van der Waals surface area contributed by atoms with Crippen LogP contribution in [0.25, 0.3) is 6.08 Å². The fourth-order valence-electron chi connectivity index (χ4n) is 4.01. The number of anilines is 1. The van der Waals surface area contributed by atoms with Gasteiger partial charge in [-0.3, -0.25) is 0 Å². The van der Waals surface area contributed by atoms with Crippen LogP contribution in [0.15, 0.2) is 81.2 Å². The molecule has 0 spiro atoms. The van der Waals surface area contributed by atoms with Gasteiger partial charge in [-0.1, -0.05) is 38.5 Å². The number of nitriles is 2. The number of benzene rings is 2. The summed E-state index contributed by atoms with van der Waals surface area (Å²) in [6.45, 7) is 8.88. The lowest BCUT2D eigenvalue weighted by Crippen LogP contribution is -2.17. The van der Waals surface area contributed by atoms with Crippen molar-refractivity contribution in [3.63, 3.8) is 0 Å². The lowest BCUT2D eigenvalue weighted by atomic mass is 10.00. The van der Waals surface area contributed by atoms with Gasteiger partial charge in [-0.15, -0.1) is 0 Å². The number of unbranched alkanes of at least 4 members (excludes halogenated alkanes) is 1. The van der Waals surface area contributed by atoms with Crippen molar-refractivity contribution in [1.82, 2.24) is 0 Å². The zero-order chi connectivity index (χ0) is 26.1. The van der Waals surface area contributed by atoms with Crippen LogP contribution in [0, 0.1) is 22.7 Å². The Morgan fingerprint density at radius 3 is 2.39 bits per heavy atom. The lowest BCUT2D eigenvalue weighted by Gasteiger charge is -2.18. The molecule has 0 amide bonds. The van der Waals surface area contributed by atoms with Crippen molar-refractivity contribution in [3.8, 4) is 12.1 Å². The third kappa shape index (κ3) is 6.29. The fraction of sp³-hybridized carbons (Fsp3) is 0.333. The van der Waals surface area contributed by atoms with Gasteiger partial charge in [0.2, 0.25) is 0 Å². The van der Waals surface area contributed by atoms with Crippen molar-refractivity contribution >= 4 is 23.1 Å². The number of azo groups is 1. The summed E-state index contributed by atoms with van der Waals surface area (Å²) in [5, 5.41) is 27.7. The van der Waals surface area contributed by atoms with E-state index in [1.807, 2.05) is 49.4 Å². The Kier molecular flexibility index (Phi) is 9.19. The van der Waals surface area contributed by atoms with Gasteiger partial charge in [0.1, 0.15) is 17.7 Å². The molecule has 2 aromatic rings. The van der Waals surface area contributed by atoms with Gasteiger partial charge in [0, 0.05) is 24.9 Å². The number of ether oxygens (including phenoxy) is 1. The highest BCUT2D eigenvalue weighted by molar-refractivity contribution is 5.64. The smallest absolute Gasteiger partial charge is 0.151 e. The van der Waals surface area contributed by atoms with Crippen molar-refractivity contribution in [1.29, 1.82) is 10.5 Å².